The van der Waals surface area contributed by atoms with Gasteiger partial charge in [-0.05, 0) is 31.2 Å². The number of carbonyl (C=O) groups excluding carboxylic acids is 1. The van der Waals surface area contributed by atoms with Gasteiger partial charge in [-0.15, -0.1) is 0 Å². The van der Waals surface area contributed by atoms with E-state index < -0.39 is 0 Å². The van der Waals surface area contributed by atoms with E-state index in [1.807, 2.05) is 19.1 Å². The van der Waals surface area contributed by atoms with Crippen molar-refractivity contribution >= 4 is 17.4 Å². The molecule has 0 aliphatic carbocycles. The van der Waals surface area contributed by atoms with Crippen LogP contribution < -0.4 is 10.6 Å². The molecule has 0 spiro atoms. The first-order valence-corrected chi connectivity index (χ1v) is 5.59. The number of anilines is 2. The molecule has 5 nitrogen and oxygen atoms in total. The Morgan fingerprint density at radius 3 is 2.72 bits per heavy atom. The molecule has 1 amide bonds. The Hall–Kier alpha value is -2.30. The topological polar surface area (TPSA) is 72.4 Å². The summed E-state index contributed by atoms with van der Waals surface area (Å²) in [6, 6.07) is 7.07. The second-order valence-electron chi connectivity index (χ2n) is 4.08. The Balaban J connectivity index is 2.07. The maximum Gasteiger partial charge on any atom is 0.234 e. The summed E-state index contributed by atoms with van der Waals surface area (Å²) in [6.07, 6.45) is 1.80. The fourth-order valence-corrected chi connectivity index (χ4v) is 1.59. The lowest BCUT2D eigenvalue weighted by atomic mass is 10.3. The maximum absolute atomic E-state index is 12.0. The number of hydrogen-bond donors (Lipinski definition) is 1. The van der Waals surface area contributed by atoms with E-state index >= 15 is 0 Å². The van der Waals surface area contributed by atoms with E-state index in [4.69, 9.17) is 10.2 Å². The number of carbonyl (C=O) groups is 1. The number of amides is 1. The van der Waals surface area contributed by atoms with E-state index in [0.717, 1.165) is 5.76 Å². The standard InChI is InChI=1S/C13H15N3O2/c1-9-3-5-11(18-9)7-13(17)16(2)10-4-6-12(14)15-8-10/h3-6,8H,7H2,1-2H3,(H2,14,15). The fourth-order valence-electron chi connectivity index (χ4n) is 1.59. The highest BCUT2D eigenvalue weighted by molar-refractivity contribution is 5.93. The average Bonchev–Trinajstić information content (AvgIpc) is 2.75. The van der Waals surface area contributed by atoms with Crippen LogP contribution in [0.3, 0.4) is 0 Å². The fraction of sp³-hybridized carbons (Fsp3) is 0.231. The Bertz CT molecular complexity index is 546. The van der Waals surface area contributed by atoms with Gasteiger partial charge in [-0.2, -0.15) is 0 Å². The molecule has 2 heterocycles. The lowest BCUT2D eigenvalue weighted by molar-refractivity contribution is -0.117. The number of nitrogens with zero attached hydrogens (tertiary/aromatic N) is 2. The van der Waals surface area contributed by atoms with Gasteiger partial charge in [0.15, 0.2) is 0 Å². The highest BCUT2D eigenvalue weighted by atomic mass is 16.3. The quantitative estimate of drug-likeness (QED) is 0.894. The number of nitrogens with two attached hydrogens (primary N) is 1. The first kappa shape index (κ1) is 12.2. The molecule has 0 aliphatic rings. The van der Waals surface area contributed by atoms with Crippen molar-refractivity contribution in [2.75, 3.05) is 17.7 Å². The van der Waals surface area contributed by atoms with Gasteiger partial charge in [0, 0.05) is 7.05 Å². The minimum Gasteiger partial charge on any atom is -0.466 e. The van der Waals surface area contributed by atoms with Crippen LogP contribution in [0.15, 0.2) is 34.9 Å². The highest BCUT2D eigenvalue weighted by Crippen LogP contribution is 2.14. The maximum atomic E-state index is 12.0. The van der Waals surface area contributed by atoms with Crippen molar-refractivity contribution in [3.63, 3.8) is 0 Å². The predicted octanol–water partition coefficient (Wildman–Crippen LogP) is 1.77. The summed E-state index contributed by atoms with van der Waals surface area (Å²) in [5.41, 5.74) is 6.21. The molecule has 0 aliphatic heterocycles. The zero-order chi connectivity index (χ0) is 13.1. The van der Waals surface area contributed by atoms with Crippen molar-refractivity contribution in [2.45, 2.75) is 13.3 Å². The third kappa shape index (κ3) is 2.68. The third-order valence-electron chi connectivity index (χ3n) is 2.65. The Morgan fingerprint density at radius 2 is 2.17 bits per heavy atom. The molecule has 0 saturated carbocycles. The zero-order valence-corrected chi connectivity index (χ0v) is 10.4. The molecule has 0 saturated heterocycles. The molecule has 2 N–H and O–H groups in total. The molecule has 2 aromatic rings. The van der Waals surface area contributed by atoms with Gasteiger partial charge in [0.25, 0.3) is 0 Å². The zero-order valence-electron chi connectivity index (χ0n) is 10.4. The van der Waals surface area contributed by atoms with Gasteiger partial charge in [-0.25, -0.2) is 4.98 Å². The summed E-state index contributed by atoms with van der Waals surface area (Å²) in [6.45, 7) is 1.85. The number of aryl methyl sites for hydroxylation is 1. The molecule has 0 atom stereocenters. The summed E-state index contributed by atoms with van der Waals surface area (Å²) in [5, 5.41) is 0. The lowest BCUT2D eigenvalue weighted by Gasteiger charge is -2.16. The average molecular weight is 245 g/mol. The molecule has 0 bridgehead atoms. The second-order valence-corrected chi connectivity index (χ2v) is 4.08. The van der Waals surface area contributed by atoms with Gasteiger partial charge >= 0.3 is 0 Å². The number of rotatable bonds is 3. The predicted molar refractivity (Wildman–Crippen MR) is 69.2 cm³/mol. The number of likely N-dealkylation sites (N-methyl/N-ethyl adjacent to an activating group) is 1. The first-order valence-electron chi connectivity index (χ1n) is 5.59. The SMILES string of the molecule is Cc1ccc(CC(=O)N(C)c2ccc(N)nc2)o1. The minimum atomic E-state index is -0.0593. The number of aromatic nitrogens is 1. The smallest absolute Gasteiger partial charge is 0.234 e. The van der Waals surface area contributed by atoms with Crippen molar-refractivity contribution in [3.05, 3.63) is 42.0 Å². The van der Waals surface area contributed by atoms with Crippen molar-refractivity contribution in [3.8, 4) is 0 Å². The molecule has 0 radical (unpaired) electrons. The molecule has 0 unspecified atom stereocenters. The molecular weight excluding hydrogens is 230 g/mol. The van der Waals surface area contributed by atoms with Gasteiger partial charge < -0.3 is 15.1 Å². The van der Waals surface area contributed by atoms with Gasteiger partial charge in [-0.1, -0.05) is 0 Å². The van der Waals surface area contributed by atoms with E-state index in [2.05, 4.69) is 4.98 Å². The molecule has 0 fully saturated rings. The van der Waals surface area contributed by atoms with E-state index in [0.29, 0.717) is 17.3 Å². The van der Waals surface area contributed by atoms with Crippen molar-refractivity contribution < 1.29 is 9.21 Å². The molecule has 2 aromatic heterocycles. The van der Waals surface area contributed by atoms with Crippen LogP contribution in [0.4, 0.5) is 11.5 Å². The van der Waals surface area contributed by atoms with Crippen LogP contribution >= 0.6 is 0 Å². The van der Waals surface area contributed by atoms with Crippen LogP contribution in [0.1, 0.15) is 11.5 Å². The van der Waals surface area contributed by atoms with Crippen LogP contribution in [0.2, 0.25) is 0 Å². The van der Waals surface area contributed by atoms with Gasteiger partial charge in [0.05, 0.1) is 18.3 Å². The van der Waals surface area contributed by atoms with E-state index in [9.17, 15) is 4.79 Å². The largest absolute Gasteiger partial charge is 0.466 e. The van der Waals surface area contributed by atoms with E-state index in [1.54, 1.807) is 25.4 Å². The molecule has 0 aromatic carbocycles. The van der Waals surface area contributed by atoms with Crippen LogP contribution in [-0.4, -0.2) is 17.9 Å². The van der Waals surface area contributed by atoms with Gasteiger partial charge in [-0.3, -0.25) is 4.79 Å². The monoisotopic (exact) mass is 245 g/mol. The highest BCUT2D eigenvalue weighted by Gasteiger charge is 2.13. The van der Waals surface area contributed by atoms with E-state index in [1.165, 1.54) is 4.90 Å². The lowest BCUT2D eigenvalue weighted by Crippen LogP contribution is -2.27. The summed E-state index contributed by atoms with van der Waals surface area (Å²) in [7, 11) is 1.70. The van der Waals surface area contributed by atoms with Crippen molar-refractivity contribution in [1.82, 2.24) is 4.98 Å². The normalized spacial score (nSPS) is 10.3. The molecular formula is C13H15N3O2. The van der Waals surface area contributed by atoms with Crippen molar-refractivity contribution in [1.29, 1.82) is 0 Å². The molecule has 2 rings (SSSR count). The number of hydrogen-bond acceptors (Lipinski definition) is 4. The Morgan fingerprint density at radius 1 is 1.39 bits per heavy atom. The van der Waals surface area contributed by atoms with E-state index in [-0.39, 0.29) is 12.3 Å². The van der Waals surface area contributed by atoms with Crippen LogP contribution in [0, 0.1) is 6.92 Å². The van der Waals surface area contributed by atoms with Crippen molar-refractivity contribution in [2.24, 2.45) is 0 Å². The van der Waals surface area contributed by atoms with Gasteiger partial charge in [0.2, 0.25) is 5.91 Å². The first-order chi connectivity index (χ1) is 8.56. The molecule has 5 heteroatoms. The Labute approximate surface area is 105 Å². The summed E-state index contributed by atoms with van der Waals surface area (Å²) in [5.74, 6) is 1.83. The summed E-state index contributed by atoms with van der Waals surface area (Å²) < 4.78 is 5.38. The van der Waals surface area contributed by atoms with Gasteiger partial charge in [0.1, 0.15) is 17.3 Å². The minimum absolute atomic E-state index is 0.0593. The second kappa shape index (κ2) is 4.91. The summed E-state index contributed by atoms with van der Waals surface area (Å²) in [4.78, 5) is 17.5. The van der Waals surface area contributed by atoms with Crippen LogP contribution in [-0.2, 0) is 11.2 Å². The van der Waals surface area contributed by atoms with Crippen LogP contribution in [0.5, 0.6) is 0 Å². The van der Waals surface area contributed by atoms with Crippen LogP contribution in [0.25, 0.3) is 0 Å². The number of pyridine rings is 1. The third-order valence-corrected chi connectivity index (χ3v) is 2.65. The number of nitrogen functional groups attached to an aromatic ring is 1. The summed E-state index contributed by atoms with van der Waals surface area (Å²) >= 11 is 0. The Kier molecular flexibility index (Phi) is 3.32. The number of furan rings is 1. The molecule has 18 heavy (non-hydrogen) atoms. The molecule has 94 valence electrons.